The Bertz CT molecular complexity index is 319. The van der Waals surface area contributed by atoms with Gasteiger partial charge in [0.2, 0.25) is 0 Å². The second kappa shape index (κ2) is 8.14. The number of nitrogens with zero attached hydrogens (tertiary/aromatic N) is 2. The molecule has 0 radical (unpaired) electrons. The van der Waals surface area contributed by atoms with Crippen molar-refractivity contribution in [3.05, 3.63) is 0 Å². The van der Waals surface area contributed by atoms with Gasteiger partial charge in [-0.25, -0.2) is 0 Å². The van der Waals surface area contributed by atoms with Crippen LogP contribution in [0.3, 0.4) is 0 Å². The van der Waals surface area contributed by atoms with Crippen LogP contribution in [-0.2, 0) is 9.53 Å². The van der Waals surface area contributed by atoms with Crippen LogP contribution in [0.15, 0.2) is 0 Å². The molecule has 2 rings (SSSR count). The Balaban J connectivity index is 1.91. The minimum Gasteiger partial charge on any atom is -0.469 e. The van der Waals surface area contributed by atoms with E-state index in [1.165, 1.54) is 26.4 Å². The zero-order valence-electron chi connectivity index (χ0n) is 14.0. The number of hydrogen-bond donors (Lipinski definition) is 0. The number of methoxy groups -OCH3 is 1. The molecule has 1 atom stereocenters. The lowest BCUT2D eigenvalue weighted by atomic mass is 9.83. The van der Waals surface area contributed by atoms with Gasteiger partial charge in [-0.2, -0.15) is 0 Å². The van der Waals surface area contributed by atoms with Crippen molar-refractivity contribution >= 4 is 5.97 Å². The summed E-state index contributed by atoms with van der Waals surface area (Å²) in [7, 11) is 1.54. The number of rotatable bonds is 5. The molecule has 0 bridgehead atoms. The second-order valence-electron chi connectivity index (χ2n) is 6.96. The molecule has 2 heterocycles. The highest BCUT2D eigenvalue weighted by atomic mass is 16.5. The van der Waals surface area contributed by atoms with Gasteiger partial charge < -0.3 is 14.5 Å². The van der Waals surface area contributed by atoms with Crippen molar-refractivity contribution in [2.45, 2.75) is 52.0 Å². The first-order valence-electron chi connectivity index (χ1n) is 8.66. The van der Waals surface area contributed by atoms with E-state index in [4.69, 9.17) is 4.74 Å². The molecule has 2 aliphatic rings. The van der Waals surface area contributed by atoms with Gasteiger partial charge in [0, 0.05) is 12.6 Å². The maximum absolute atomic E-state index is 12.2. The normalized spacial score (nSPS) is 24.2. The Morgan fingerprint density at radius 1 is 1.10 bits per heavy atom. The van der Waals surface area contributed by atoms with Gasteiger partial charge in [-0.05, 0) is 71.6 Å². The van der Waals surface area contributed by atoms with Gasteiger partial charge >= 0.3 is 5.97 Å². The minimum atomic E-state index is 0.00331. The van der Waals surface area contributed by atoms with E-state index in [0.717, 1.165) is 45.6 Å². The van der Waals surface area contributed by atoms with E-state index < -0.39 is 0 Å². The van der Waals surface area contributed by atoms with Crippen molar-refractivity contribution in [2.75, 3.05) is 39.8 Å². The number of carbonyl (C=O) groups is 1. The lowest BCUT2D eigenvalue weighted by molar-refractivity contribution is -0.149. The first-order chi connectivity index (χ1) is 10.1. The summed E-state index contributed by atoms with van der Waals surface area (Å²) < 4.78 is 5.10. The molecule has 2 aliphatic heterocycles. The highest BCUT2D eigenvalue weighted by molar-refractivity contribution is 5.73. The largest absolute Gasteiger partial charge is 0.469 e. The lowest BCUT2D eigenvalue weighted by Crippen LogP contribution is -2.45. The molecule has 0 N–H and O–H groups in total. The molecule has 0 saturated carbocycles. The molecule has 0 aromatic rings. The Kier molecular flexibility index (Phi) is 6.49. The van der Waals surface area contributed by atoms with E-state index in [1.807, 2.05) is 0 Å². The van der Waals surface area contributed by atoms with Crippen LogP contribution in [0.5, 0.6) is 0 Å². The molecule has 0 aromatic heterocycles. The summed E-state index contributed by atoms with van der Waals surface area (Å²) in [6.07, 6.45) is 6.16. The summed E-state index contributed by atoms with van der Waals surface area (Å²) in [5.41, 5.74) is 0. The lowest BCUT2D eigenvalue weighted by Gasteiger charge is -2.39. The average Bonchev–Trinajstić information content (AvgIpc) is 2.53. The molecule has 1 unspecified atom stereocenters. The fourth-order valence-corrected chi connectivity index (χ4v) is 3.83. The molecule has 4 heteroatoms. The van der Waals surface area contributed by atoms with Crippen molar-refractivity contribution in [3.63, 3.8) is 0 Å². The van der Waals surface area contributed by atoms with Gasteiger partial charge in [0.25, 0.3) is 0 Å². The predicted molar refractivity (Wildman–Crippen MR) is 85.2 cm³/mol. The van der Waals surface area contributed by atoms with E-state index in [0.29, 0.717) is 12.0 Å². The van der Waals surface area contributed by atoms with Crippen LogP contribution in [0.4, 0.5) is 0 Å². The van der Waals surface area contributed by atoms with Gasteiger partial charge in [-0.3, -0.25) is 4.79 Å². The first kappa shape index (κ1) is 16.8. The van der Waals surface area contributed by atoms with Crippen LogP contribution < -0.4 is 0 Å². The molecular weight excluding hydrogens is 264 g/mol. The number of piperidine rings is 2. The maximum atomic E-state index is 12.2. The van der Waals surface area contributed by atoms with E-state index in [2.05, 4.69) is 23.6 Å². The quantitative estimate of drug-likeness (QED) is 0.729. The number of hydrogen-bond acceptors (Lipinski definition) is 4. The molecule has 0 aromatic carbocycles. The Hall–Kier alpha value is -0.610. The highest BCUT2D eigenvalue weighted by Gasteiger charge is 2.34. The number of likely N-dealkylation sites (tertiary alicyclic amines) is 2. The third kappa shape index (κ3) is 4.68. The average molecular weight is 296 g/mol. The minimum absolute atomic E-state index is 0.00331. The summed E-state index contributed by atoms with van der Waals surface area (Å²) in [6, 6.07) is 0.615. The summed E-state index contributed by atoms with van der Waals surface area (Å²) in [5, 5.41) is 0. The fourth-order valence-electron chi connectivity index (χ4n) is 3.83. The van der Waals surface area contributed by atoms with Gasteiger partial charge in [0.1, 0.15) is 0 Å². The van der Waals surface area contributed by atoms with Crippen molar-refractivity contribution in [1.29, 1.82) is 0 Å². The molecule has 0 spiro atoms. The maximum Gasteiger partial charge on any atom is 0.310 e. The van der Waals surface area contributed by atoms with Gasteiger partial charge in [0.05, 0.1) is 13.0 Å². The van der Waals surface area contributed by atoms with Crippen LogP contribution in [0, 0.1) is 11.8 Å². The fraction of sp³-hybridized carbons (Fsp3) is 0.941. The van der Waals surface area contributed by atoms with E-state index in [9.17, 15) is 4.79 Å². The van der Waals surface area contributed by atoms with E-state index >= 15 is 0 Å². The Labute approximate surface area is 129 Å². The predicted octanol–water partition coefficient (Wildman–Crippen LogP) is 2.38. The molecule has 21 heavy (non-hydrogen) atoms. The Morgan fingerprint density at radius 2 is 1.71 bits per heavy atom. The molecule has 2 saturated heterocycles. The smallest absolute Gasteiger partial charge is 0.310 e. The van der Waals surface area contributed by atoms with E-state index in [-0.39, 0.29) is 11.9 Å². The molecule has 4 nitrogen and oxygen atoms in total. The molecule has 0 amide bonds. The third-order valence-electron chi connectivity index (χ3n) is 5.28. The SMILES string of the molecule is COC(=O)C(CN1CCCCC1)C1CCN(C(C)C)CC1. The third-order valence-corrected chi connectivity index (χ3v) is 5.28. The number of carbonyl (C=O) groups excluding carboxylic acids is 1. The molecule has 0 aliphatic carbocycles. The topological polar surface area (TPSA) is 32.8 Å². The summed E-state index contributed by atoms with van der Waals surface area (Å²) >= 11 is 0. The number of ether oxygens (including phenoxy) is 1. The van der Waals surface area contributed by atoms with Crippen molar-refractivity contribution in [2.24, 2.45) is 11.8 Å². The monoisotopic (exact) mass is 296 g/mol. The van der Waals surface area contributed by atoms with Crippen LogP contribution >= 0.6 is 0 Å². The van der Waals surface area contributed by atoms with Crippen LogP contribution in [0.2, 0.25) is 0 Å². The van der Waals surface area contributed by atoms with Crippen molar-refractivity contribution in [3.8, 4) is 0 Å². The standard InChI is InChI=1S/C17H32N2O2/c1-14(2)19-11-7-15(8-12-19)16(17(20)21-3)13-18-9-5-4-6-10-18/h14-16H,4-13H2,1-3H3. The molecular formula is C17H32N2O2. The van der Waals surface area contributed by atoms with Gasteiger partial charge in [0.15, 0.2) is 0 Å². The van der Waals surface area contributed by atoms with Crippen LogP contribution in [0.25, 0.3) is 0 Å². The van der Waals surface area contributed by atoms with Gasteiger partial charge in [-0.15, -0.1) is 0 Å². The van der Waals surface area contributed by atoms with Crippen LogP contribution in [-0.4, -0.2) is 61.6 Å². The second-order valence-corrected chi connectivity index (χ2v) is 6.96. The van der Waals surface area contributed by atoms with E-state index in [1.54, 1.807) is 0 Å². The highest BCUT2D eigenvalue weighted by Crippen LogP contribution is 2.28. The van der Waals surface area contributed by atoms with Crippen molar-refractivity contribution < 1.29 is 9.53 Å². The molecule has 122 valence electrons. The van der Waals surface area contributed by atoms with Crippen molar-refractivity contribution in [1.82, 2.24) is 9.80 Å². The Morgan fingerprint density at radius 3 is 2.24 bits per heavy atom. The summed E-state index contributed by atoms with van der Waals surface area (Å²) in [6.45, 7) is 9.96. The zero-order valence-corrected chi connectivity index (χ0v) is 14.0. The zero-order chi connectivity index (χ0) is 15.2. The summed E-state index contributed by atoms with van der Waals surface area (Å²) in [5.74, 6) is 0.570. The number of esters is 1. The summed E-state index contributed by atoms with van der Waals surface area (Å²) in [4.78, 5) is 17.2. The molecule has 2 fully saturated rings. The van der Waals surface area contributed by atoms with Gasteiger partial charge in [-0.1, -0.05) is 6.42 Å². The van der Waals surface area contributed by atoms with Crippen LogP contribution in [0.1, 0.15) is 46.0 Å². The first-order valence-corrected chi connectivity index (χ1v) is 8.66.